The van der Waals surface area contributed by atoms with E-state index in [2.05, 4.69) is 17.1 Å². The van der Waals surface area contributed by atoms with Gasteiger partial charge in [0.25, 0.3) is 0 Å². The van der Waals surface area contributed by atoms with E-state index >= 15 is 0 Å². The first-order valence-corrected chi connectivity index (χ1v) is 9.11. The molecular weight excluding hydrogens is 282 g/mol. The molecule has 0 bridgehead atoms. The fourth-order valence-electron chi connectivity index (χ4n) is 2.88. The van der Waals surface area contributed by atoms with Gasteiger partial charge in [-0.1, -0.05) is 13.3 Å². The Morgan fingerprint density at radius 1 is 1.29 bits per heavy atom. The second-order valence-electron chi connectivity index (χ2n) is 6.19. The van der Waals surface area contributed by atoms with Crippen LogP contribution in [0.3, 0.4) is 0 Å². The summed E-state index contributed by atoms with van der Waals surface area (Å²) in [5.41, 5.74) is 1.32. The van der Waals surface area contributed by atoms with Crippen LogP contribution in [0.15, 0.2) is 0 Å². The van der Waals surface area contributed by atoms with E-state index in [-0.39, 0.29) is 0 Å². The molecule has 2 heterocycles. The number of ether oxygens (including phenoxy) is 1. The molecule has 21 heavy (non-hydrogen) atoms. The molecule has 0 spiro atoms. The minimum absolute atomic E-state index is 0.437. The summed E-state index contributed by atoms with van der Waals surface area (Å²) in [7, 11) is 1.82. The van der Waals surface area contributed by atoms with Gasteiger partial charge in [-0.05, 0) is 32.1 Å². The summed E-state index contributed by atoms with van der Waals surface area (Å²) < 4.78 is 5.46. The van der Waals surface area contributed by atoms with Crippen molar-refractivity contribution in [2.45, 2.75) is 64.1 Å². The van der Waals surface area contributed by atoms with Crippen LogP contribution in [0.4, 0.5) is 5.13 Å². The van der Waals surface area contributed by atoms with Crippen LogP contribution in [0.1, 0.15) is 49.6 Å². The standard InChI is InChI=1S/C16H27N3OS/c1-3-4-14-15(11-17-12-5-6-12)21-16(18-14)19-9-7-13(20-2)8-10-19/h12-13,17H,3-11H2,1-2H3. The average molecular weight is 309 g/mol. The van der Waals surface area contributed by atoms with Crippen molar-refractivity contribution in [3.05, 3.63) is 10.6 Å². The van der Waals surface area contributed by atoms with Gasteiger partial charge in [0.15, 0.2) is 5.13 Å². The summed E-state index contributed by atoms with van der Waals surface area (Å²) in [5, 5.41) is 4.86. The zero-order valence-electron chi connectivity index (χ0n) is 13.2. The Hall–Kier alpha value is -0.650. The van der Waals surface area contributed by atoms with Gasteiger partial charge in [-0.3, -0.25) is 0 Å². The van der Waals surface area contributed by atoms with E-state index in [1.807, 2.05) is 18.4 Å². The summed E-state index contributed by atoms with van der Waals surface area (Å²) in [6, 6.07) is 0.766. The third-order valence-electron chi connectivity index (χ3n) is 4.43. The first-order valence-electron chi connectivity index (χ1n) is 8.29. The second kappa shape index (κ2) is 7.07. The van der Waals surface area contributed by atoms with Crippen molar-refractivity contribution in [1.82, 2.24) is 10.3 Å². The Labute approximate surface area is 131 Å². The van der Waals surface area contributed by atoms with Crippen LogP contribution in [-0.2, 0) is 17.7 Å². The number of hydrogen-bond donors (Lipinski definition) is 1. The SMILES string of the molecule is CCCc1nc(N2CCC(OC)CC2)sc1CNC1CC1. The number of anilines is 1. The summed E-state index contributed by atoms with van der Waals surface area (Å²) >= 11 is 1.90. The predicted molar refractivity (Wildman–Crippen MR) is 88.2 cm³/mol. The van der Waals surface area contributed by atoms with Crippen molar-refractivity contribution in [2.24, 2.45) is 0 Å². The molecule has 0 atom stereocenters. The third kappa shape index (κ3) is 3.96. The lowest BCUT2D eigenvalue weighted by molar-refractivity contribution is 0.0819. The fourth-order valence-corrected chi connectivity index (χ4v) is 3.99. The molecule has 1 aromatic rings. The van der Waals surface area contributed by atoms with Crippen molar-refractivity contribution in [2.75, 3.05) is 25.1 Å². The van der Waals surface area contributed by atoms with Gasteiger partial charge < -0.3 is 15.0 Å². The molecule has 2 aliphatic rings. The van der Waals surface area contributed by atoms with E-state index in [0.29, 0.717) is 6.10 Å². The maximum atomic E-state index is 5.46. The molecule has 1 aliphatic carbocycles. The van der Waals surface area contributed by atoms with Crippen LogP contribution in [0.2, 0.25) is 0 Å². The highest BCUT2D eigenvalue weighted by Gasteiger charge is 2.24. The smallest absolute Gasteiger partial charge is 0.185 e. The lowest BCUT2D eigenvalue weighted by Crippen LogP contribution is -2.36. The van der Waals surface area contributed by atoms with Gasteiger partial charge in [-0.2, -0.15) is 0 Å². The minimum Gasteiger partial charge on any atom is -0.381 e. The van der Waals surface area contributed by atoms with Crippen molar-refractivity contribution >= 4 is 16.5 Å². The van der Waals surface area contributed by atoms with E-state index in [1.54, 1.807) is 0 Å². The van der Waals surface area contributed by atoms with Crippen LogP contribution in [0.5, 0.6) is 0 Å². The van der Waals surface area contributed by atoms with Crippen LogP contribution in [0, 0.1) is 0 Å². The molecule has 0 radical (unpaired) electrons. The molecule has 4 nitrogen and oxygen atoms in total. The quantitative estimate of drug-likeness (QED) is 0.840. The van der Waals surface area contributed by atoms with Crippen LogP contribution >= 0.6 is 11.3 Å². The largest absolute Gasteiger partial charge is 0.381 e. The molecule has 0 amide bonds. The van der Waals surface area contributed by atoms with Gasteiger partial charge in [-0.15, -0.1) is 11.3 Å². The number of piperidine rings is 1. The second-order valence-corrected chi connectivity index (χ2v) is 7.26. The lowest BCUT2D eigenvalue weighted by atomic mass is 10.1. The molecule has 5 heteroatoms. The number of aromatic nitrogens is 1. The number of hydrogen-bond acceptors (Lipinski definition) is 5. The summed E-state index contributed by atoms with van der Waals surface area (Å²) in [4.78, 5) is 8.83. The molecule has 1 saturated carbocycles. The number of nitrogens with zero attached hydrogens (tertiary/aromatic N) is 2. The number of aryl methyl sites for hydroxylation is 1. The molecule has 1 aliphatic heterocycles. The molecule has 1 saturated heterocycles. The van der Waals surface area contributed by atoms with Gasteiger partial charge in [0.2, 0.25) is 0 Å². The highest BCUT2D eigenvalue weighted by atomic mass is 32.1. The van der Waals surface area contributed by atoms with E-state index < -0.39 is 0 Å². The lowest BCUT2D eigenvalue weighted by Gasteiger charge is -2.30. The zero-order valence-corrected chi connectivity index (χ0v) is 14.0. The summed E-state index contributed by atoms with van der Waals surface area (Å²) in [6.45, 7) is 5.40. The van der Waals surface area contributed by atoms with Crippen molar-refractivity contribution in [3.8, 4) is 0 Å². The Balaban J connectivity index is 1.65. The molecule has 0 unspecified atom stereocenters. The number of thiazole rings is 1. The highest BCUT2D eigenvalue weighted by molar-refractivity contribution is 7.15. The monoisotopic (exact) mass is 309 g/mol. The molecule has 3 rings (SSSR count). The highest BCUT2D eigenvalue weighted by Crippen LogP contribution is 2.30. The molecule has 0 aromatic carbocycles. The van der Waals surface area contributed by atoms with Crippen molar-refractivity contribution < 1.29 is 4.74 Å². The number of methoxy groups -OCH3 is 1. The number of nitrogens with one attached hydrogen (secondary N) is 1. The van der Waals surface area contributed by atoms with Crippen LogP contribution in [-0.4, -0.2) is 37.3 Å². The first kappa shape index (κ1) is 15.3. The molecule has 1 aromatic heterocycles. The Morgan fingerprint density at radius 3 is 2.67 bits per heavy atom. The molecular formula is C16H27N3OS. The van der Waals surface area contributed by atoms with E-state index in [4.69, 9.17) is 9.72 Å². The maximum Gasteiger partial charge on any atom is 0.185 e. The first-order chi connectivity index (χ1) is 10.3. The average Bonchev–Trinajstić information content (AvgIpc) is 3.27. The Bertz CT molecular complexity index is 450. The van der Waals surface area contributed by atoms with Gasteiger partial charge in [0.1, 0.15) is 0 Å². The molecule has 2 fully saturated rings. The van der Waals surface area contributed by atoms with Crippen LogP contribution < -0.4 is 10.2 Å². The topological polar surface area (TPSA) is 37.4 Å². The summed E-state index contributed by atoms with van der Waals surface area (Å²) in [6.07, 6.45) is 7.65. The molecule has 118 valence electrons. The van der Waals surface area contributed by atoms with Gasteiger partial charge in [-0.25, -0.2) is 4.98 Å². The van der Waals surface area contributed by atoms with E-state index in [9.17, 15) is 0 Å². The van der Waals surface area contributed by atoms with E-state index in [1.165, 1.54) is 35.0 Å². The number of rotatable bonds is 7. The minimum atomic E-state index is 0.437. The Morgan fingerprint density at radius 2 is 2.05 bits per heavy atom. The van der Waals surface area contributed by atoms with Gasteiger partial charge >= 0.3 is 0 Å². The van der Waals surface area contributed by atoms with Crippen molar-refractivity contribution in [3.63, 3.8) is 0 Å². The van der Waals surface area contributed by atoms with Crippen LogP contribution in [0.25, 0.3) is 0 Å². The Kier molecular flexibility index (Phi) is 5.14. The van der Waals surface area contributed by atoms with Crippen molar-refractivity contribution in [1.29, 1.82) is 0 Å². The summed E-state index contributed by atoms with van der Waals surface area (Å²) in [5.74, 6) is 0. The zero-order chi connectivity index (χ0) is 14.7. The van der Waals surface area contributed by atoms with Gasteiger partial charge in [0.05, 0.1) is 11.8 Å². The normalized spacial score (nSPS) is 20.2. The third-order valence-corrected chi connectivity index (χ3v) is 5.59. The maximum absolute atomic E-state index is 5.46. The molecule has 1 N–H and O–H groups in total. The predicted octanol–water partition coefficient (Wildman–Crippen LogP) is 2.96. The van der Waals surface area contributed by atoms with Gasteiger partial charge in [0, 0.05) is 37.7 Å². The van der Waals surface area contributed by atoms with E-state index in [0.717, 1.165) is 44.9 Å². The fraction of sp³-hybridized carbons (Fsp3) is 0.812.